The molecule has 1 fully saturated rings. The fourth-order valence-electron chi connectivity index (χ4n) is 3.07. The minimum absolute atomic E-state index is 0.497. The van der Waals surface area contributed by atoms with Crippen molar-refractivity contribution in [2.45, 2.75) is 19.9 Å². The van der Waals surface area contributed by atoms with Crippen molar-refractivity contribution in [2.75, 3.05) is 23.3 Å². The Labute approximate surface area is 152 Å². The topological polar surface area (TPSA) is 53.9 Å². The SMILES string of the molecule is CCC1CN(c2nc(NCc3ccc(Cl)nc3)nc3ccccc23)C1. The Morgan fingerprint density at radius 1 is 1.16 bits per heavy atom. The number of pyridine rings is 1. The molecule has 0 atom stereocenters. The summed E-state index contributed by atoms with van der Waals surface area (Å²) in [6.07, 6.45) is 2.98. The molecular weight excluding hydrogens is 334 g/mol. The summed E-state index contributed by atoms with van der Waals surface area (Å²) in [7, 11) is 0. The van der Waals surface area contributed by atoms with Gasteiger partial charge in [0.1, 0.15) is 11.0 Å². The molecule has 4 rings (SSSR count). The number of benzene rings is 1. The van der Waals surface area contributed by atoms with Crippen molar-refractivity contribution in [3.8, 4) is 0 Å². The van der Waals surface area contributed by atoms with E-state index in [0.29, 0.717) is 17.6 Å². The van der Waals surface area contributed by atoms with Crippen LogP contribution in [0.3, 0.4) is 0 Å². The maximum absolute atomic E-state index is 5.83. The Bertz CT molecular complexity index is 875. The fourth-order valence-corrected chi connectivity index (χ4v) is 3.18. The van der Waals surface area contributed by atoms with Crippen LogP contribution in [0.1, 0.15) is 18.9 Å². The van der Waals surface area contributed by atoms with Gasteiger partial charge in [-0.3, -0.25) is 0 Å². The third-order valence-electron chi connectivity index (χ3n) is 4.66. The Balaban J connectivity index is 1.59. The van der Waals surface area contributed by atoms with Crippen LogP contribution in [0.4, 0.5) is 11.8 Å². The maximum Gasteiger partial charge on any atom is 0.225 e. The Morgan fingerprint density at radius 2 is 2.00 bits per heavy atom. The van der Waals surface area contributed by atoms with Crippen LogP contribution in [-0.4, -0.2) is 28.0 Å². The van der Waals surface area contributed by atoms with Crippen LogP contribution in [0.15, 0.2) is 42.6 Å². The first-order chi connectivity index (χ1) is 12.2. The summed E-state index contributed by atoms with van der Waals surface area (Å²) in [5.41, 5.74) is 2.00. The molecule has 6 heteroatoms. The molecule has 0 spiro atoms. The monoisotopic (exact) mass is 353 g/mol. The molecule has 1 aliphatic heterocycles. The molecular formula is C19H20ClN5. The first kappa shape index (κ1) is 16.1. The van der Waals surface area contributed by atoms with Crippen molar-refractivity contribution in [3.05, 3.63) is 53.3 Å². The van der Waals surface area contributed by atoms with Crippen LogP contribution in [0.2, 0.25) is 5.15 Å². The lowest BCUT2D eigenvalue weighted by atomic mass is 9.97. The molecule has 1 aliphatic rings. The molecule has 0 bridgehead atoms. The summed E-state index contributed by atoms with van der Waals surface area (Å²) in [4.78, 5) is 15.9. The summed E-state index contributed by atoms with van der Waals surface area (Å²) in [6.45, 7) is 4.99. The van der Waals surface area contributed by atoms with Gasteiger partial charge in [0.15, 0.2) is 0 Å². The van der Waals surface area contributed by atoms with Gasteiger partial charge in [-0.15, -0.1) is 0 Å². The van der Waals surface area contributed by atoms with Crippen molar-refractivity contribution in [3.63, 3.8) is 0 Å². The van der Waals surface area contributed by atoms with Crippen LogP contribution in [0.25, 0.3) is 10.9 Å². The predicted octanol–water partition coefficient (Wildman–Crippen LogP) is 4.14. The highest BCUT2D eigenvalue weighted by Crippen LogP contribution is 2.31. The lowest BCUT2D eigenvalue weighted by molar-refractivity contribution is 0.397. The summed E-state index contributed by atoms with van der Waals surface area (Å²) in [5.74, 6) is 2.43. The molecule has 3 heterocycles. The lowest BCUT2D eigenvalue weighted by Gasteiger charge is -2.40. The first-order valence-corrected chi connectivity index (χ1v) is 8.96. The van der Waals surface area contributed by atoms with E-state index >= 15 is 0 Å². The fraction of sp³-hybridized carbons (Fsp3) is 0.316. The van der Waals surface area contributed by atoms with E-state index < -0.39 is 0 Å². The molecule has 1 aromatic carbocycles. The second-order valence-corrected chi connectivity index (χ2v) is 6.80. The van der Waals surface area contributed by atoms with E-state index in [1.807, 2.05) is 24.3 Å². The quantitative estimate of drug-likeness (QED) is 0.699. The first-order valence-electron chi connectivity index (χ1n) is 8.59. The largest absolute Gasteiger partial charge is 0.355 e. The van der Waals surface area contributed by atoms with Gasteiger partial charge < -0.3 is 10.2 Å². The van der Waals surface area contributed by atoms with Gasteiger partial charge in [0.25, 0.3) is 0 Å². The minimum atomic E-state index is 0.497. The van der Waals surface area contributed by atoms with Gasteiger partial charge in [-0.05, 0) is 36.1 Å². The van der Waals surface area contributed by atoms with Crippen molar-refractivity contribution in [1.29, 1.82) is 0 Å². The van der Waals surface area contributed by atoms with E-state index in [1.165, 1.54) is 6.42 Å². The third-order valence-corrected chi connectivity index (χ3v) is 4.88. The van der Waals surface area contributed by atoms with E-state index in [-0.39, 0.29) is 0 Å². The number of hydrogen-bond acceptors (Lipinski definition) is 5. The van der Waals surface area contributed by atoms with Crippen molar-refractivity contribution < 1.29 is 0 Å². The molecule has 0 radical (unpaired) electrons. The standard InChI is InChI=1S/C19H20ClN5/c1-2-13-11-25(12-13)18-15-5-3-4-6-16(15)23-19(24-18)22-10-14-7-8-17(20)21-9-14/h3-9,13H,2,10-12H2,1H3,(H,22,23,24). The molecule has 0 saturated carbocycles. The van der Waals surface area contributed by atoms with Gasteiger partial charge in [0.05, 0.1) is 5.52 Å². The molecule has 5 nitrogen and oxygen atoms in total. The highest BCUT2D eigenvalue weighted by Gasteiger charge is 2.27. The average Bonchev–Trinajstić information content (AvgIpc) is 2.60. The number of nitrogens with one attached hydrogen (secondary N) is 1. The molecule has 128 valence electrons. The minimum Gasteiger partial charge on any atom is -0.355 e. The number of halogens is 1. The molecule has 3 aromatic rings. The van der Waals surface area contributed by atoms with Gasteiger partial charge in [0, 0.05) is 31.2 Å². The summed E-state index contributed by atoms with van der Waals surface area (Å²) < 4.78 is 0. The van der Waals surface area contributed by atoms with E-state index in [1.54, 1.807) is 12.3 Å². The van der Waals surface area contributed by atoms with Crippen LogP contribution in [0.5, 0.6) is 0 Å². The van der Waals surface area contributed by atoms with Gasteiger partial charge in [-0.2, -0.15) is 4.98 Å². The Hall–Kier alpha value is -2.40. The van der Waals surface area contributed by atoms with Crippen LogP contribution in [0, 0.1) is 5.92 Å². The second kappa shape index (κ2) is 6.84. The molecule has 2 aromatic heterocycles. The van der Waals surface area contributed by atoms with Crippen molar-refractivity contribution in [2.24, 2.45) is 5.92 Å². The third kappa shape index (κ3) is 3.37. The van der Waals surface area contributed by atoms with Crippen molar-refractivity contribution >= 4 is 34.3 Å². The van der Waals surface area contributed by atoms with Gasteiger partial charge in [-0.25, -0.2) is 9.97 Å². The maximum atomic E-state index is 5.83. The van der Waals surface area contributed by atoms with E-state index in [9.17, 15) is 0 Å². The Morgan fingerprint density at radius 3 is 2.76 bits per heavy atom. The zero-order valence-electron chi connectivity index (χ0n) is 14.1. The molecule has 0 unspecified atom stereocenters. The lowest BCUT2D eigenvalue weighted by Crippen LogP contribution is -2.47. The van der Waals surface area contributed by atoms with Gasteiger partial charge >= 0.3 is 0 Å². The molecule has 25 heavy (non-hydrogen) atoms. The normalized spacial score (nSPS) is 14.6. The second-order valence-electron chi connectivity index (χ2n) is 6.41. The summed E-state index contributed by atoms with van der Waals surface area (Å²) >= 11 is 5.83. The number of fused-ring (bicyclic) bond motifs is 1. The zero-order chi connectivity index (χ0) is 17.2. The number of aromatic nitrogens is 3. The molecule has 1 N–H and O–H groups in total. The highest BCUT2D eigenvalue weighted by atomic mass is 35.5. The summed E-state index contributed by atoms with van der Waals surface area (Å²) in [6, 6.07) is 11.9. The predicted molar refractivity (Wildman–Crippen MR) is 102 cm³/mol. The van der Waals surface area contributed by atoms with Crippen molar-refractivity contribution in [1.82, 2.24) is 15.0 Å². The van der Waals surface area contributed by atoms with Gasteiger partial charge in [-0.1, -0.05) is 36.7 Å². The number of para-hydroxylation sites is 1. The van der Waals surface area contributed by atoms with E-state index in [0.717, 1.165) is 41.3 Å². The van der Waals surface area contributed by atoms with E-state index in [4.69, 9.17) is 16.6 Å². The van der Waals surface area contributed by atoms with Crippen LogP contribution in [-0.2, 0) is 6.54 Å². The number of rotatable bonds is 5. The van der Waals surface area contributed by atoms with E-state index in [2.05, 4.69) is 33.2 Å². The molecule has 0 amide bonds. The number of nitrogens with zero attached hydrogens (tertiary/aromatic N) is 4. The zero-order valence-corrected chi connectivity index (χ0v) is 14.9. The van der Waals surface area contributed by atoms with Crippen LogP contribution >= 0.6 is 11.6 Å². The number of anilines is 2. The smallest absolute Gasteiger partial charge is 0.225 e. The Kier molecular flexibility index (Phi) is 4.40. The summed E-state index contributed by atoms with van der Waals surface area (Å²) in [5, 5.41) is 4.91. The average molecular weight is 354 g/mol. The van der Waals surface area contributed by atoms with Gasteiger partial charge in [0.2, 0.25) is 5.95 Å². The number of hydrogen-bond donors (Lipinski definition) is 1. The highest BCUT2D eigenvalue weighted by molar-refractivity contribution is 6.29. The molecule has 1 saturated heterocycles. The molecule has 0 aliphatic carbocycles. The van der Waals surface area contributed by atoms with Crippen LogP contribution < -0.4 is 10.2 Å².